The molecule has 0 amide bonds. The average molecular weight is 670 g/mol. The van der Waals surface area contributed by atoms with Gasteiger partial charge in [-0.3, -0.25) is 14.4 Å². The molecular formula is C22H31Br2NaO8S2. The average Bonchev–Trinajstić information content (AvgIpc) is 3.57. The summed E-state index contributed by atoms with van der Waals surface area (Å²) in [7, 11) is 3.78. The van der Waals surface area contributed by atoms with Crippen LogP contribution in [-0.2, 0) is 23.7 Å². The minimum absolute atomic E-state index is 0. The van der Waals surface area contributed by atoms with E-state index in [0.717, 1.165) is 25.7 Å². The van der Waals surface area contributed by atoms with E-state index in [9.17, 15) is 19.2 Å². The summed E-state index contributed by atoms with van der Waals surface area (Å²) in [6.45, 7) is 3.57. The molecule has 1 fully saturated rings. The van der Waals surface area contributed by atoms with Crippen molar-refractivity contribution in [2.75, 3.05) is 34.5 Å². The van der Waals surface area contributed by atoms with Crippen molar-refractivity contribution in [3.05, 3.63) is 41.6 Å². The van der Waals surface area contributed by atoms with Gasteiger partial charge in [-0.25, -0.2) is 4.79 Å². The third-order valence-corrected chi connectivity index (χ3v) is 6.85. The summed E-state index contributed by atoms with van der Waals surface area (Å²) in [6.07, 6.45) is 1.71. The van der Waals surface area contributed by atoms with Gasteiger partial charge in [0.1, 0.15) is 6.42 Å². The Morgan fingerprint density at radius 3 is 1.57 bits per heavy atom. The molecule has 0 N–H and O–H groups in total. The van der Waals surface area contributed by atoms with Gasteiger partial charge in [0, 0.05) is 13.2 Å². The molecule has 0 atom stereocenters. The van der Waals surface area contributed by atoms with E-state index in [-0.39, 0.29) is 56.4 Å². The van der Waals surface area contributed by atoms with Crippen molar-refractivity contribution < 1.29 is 69.1 Å². The van der Waals surface area contributed by atoms with Gasteiger partial charge in [0.05, 0.1) is 38.7 Å². The van der Waals surface area contributed by atoms with Crippen LogP contribution in [0, 0.1) is 0 Å². The Hall–Kier alpha value is -0.600. The first-order valence-corrected chi connectivity index (χ1v) is 12.7. The molecule has 0 aromatic carbocycles. The molecule has 0 aliphatic carbocycles. The van der Waals surface area contributed by atoms with Gasteiger partial charge in [0.25, 0.3) is 0 Å². The number of ketones is 2. The van der Waals surface area contributed by atoms with Gasteiger partial charge in [0.15, 0.2) is 11.6 Å². The summed E-state index contributed by atoms with van der Waals surface area (Å²) in [5.41, 5.74) is 0. The molecule has 2 aromatic heterocycles. The fourth-order valence-electron chi connectivity index (χ4n) is 1.85. The van der Waals surface area contributed by atoms with Crippen LogP contribution < -0.4 is 29.6 Å². The third-order valence-electron chi connectivity index (χ3n) is 3.46. The molecule has 3 heterocycles. The number of esters is 1. The van der Waals surface area contributed by atoms with E-state index in [2.05, 4.69) is 46.1 Å². The number of hydrogen-bond donors (Lipinski definition) is 0. The zero-order chi connectivity index (χ0) is 25.2. The second kappa shape index (κ2) is 23.8. The summed E-state index contributed by atoms with van der Waals surface area (Å²) in [5, 5.41) is 0. The zero-order valence-corrected chi connectivity index (χ0v) is 26.5. The number of carbonyl (C=O) groups excluding carboxylic acids is 4. The van der Waals surface area contributed by atoms with Gasteiger partial charge in [-0.2, -0.15) is 0 Å². The van der Waals surface area contributed by atoms with Crippen LogP contribution in [0.3, 0.4) is 0 Å². The molecule has 0 bridgehead atoms. The van der Waals surface area contributed by atoms with E-state index in [1.807, 2.05) is 12.1 Å². The Labute approximate surface area is 255 Å². The SMILES string of the molecule is C.C1CCOC1.CC(=O)c1ccc(Br)s1.COC(=O)CC(=O)c1ccc(Br)s1.COC(=O)OC.[H-].[Na+]. The van der Waals surface area contributed by atoms with Crippen molar-refractivity contribution in [3.8, 4) is 0 Å². The third kappa shape index (κ3) is 20.2. The molecule has 13 heteroatoms. The maximum Gasteiger partial charge on any atom is 1.00 e. The van der Waals surface area contributed by atoms with Crippen LogP contribution in [-0.4, -0.2) is 58.2 Å². The van der Waals surface area contributed by atoms with E-state index < -0.39 is 12.1 Å². The van der Waals surface area contributed by atoms with Crippen LogP contribution in [0.15, 0.2) is 31.8 Å². The second-order valence-corrected chi connectivity index (χ2v) is 10.8. The topological polar surface area (TPSA) is 105 Å². The quantitative estimate of drug-likeness (QED) is 0.209. The molecule has 0 radical (unpaired) electrons. The van der Waals surface area contributed by atoms with Crippen molar-refractivity contribution >= 4 is 78.2 Å². The smallest absolute Gasteiger partial charge is 1.00 e. The maximum absolute atomic E-state index is 11.3. The fourth-order valence-corrected chi connectivity index (χ4v) is 4.46. The monoisotopic (exact) mass is 668 g/mol. The minimum atomic E-state index is -0.657. The molecule has 1 aliphatic heterocycles. The standard InChI is InChI=1S/C8H7BrO3S.C6H5BrOS.C4H8O.C3H6O3.CH4.Na.H/c1-12-8(11)4-5(10)6-2-3-7(9)13-6;1-4(8)5-2-3-6(7)9-5;1-2-4-5-3-1;1-5-3(4)6-2;;;/h2-3H,4H2,1H3;2-3H,1H3;1-4H2;1-2H3;1H4;;/q;;;;;+1;-1. The molecular weight excluding hydrogens is 639 g/mol. The van der Waals surface area contributed by atoms with Crippen LogP contribution in [0.5, 0.6) is 0 Å². The summed E-state index contributed by atoms with van der Waals surface area (Å²) < 4.78 is 19.3. The van der Waals surface area contributed by atoms with Crippen molar-refractivity contribution in [3.63, 3.8) is 0 Å². The molecule has 35 heavy (non-hydrogen) atoms. The summed E-state index contributed by atoms with van der Waals surface area (Å²) in [6, 6.07) is 7.15. The number of carbonyl (C=O) groups is 4. The van der Waals surface area contributed by atoms with Crippen LogP contribution in [0.2, 0.25) is 0 Å². The molecule has 2 aromatic rings. The number of Topliss-reactive ketones (excluding diaryl/α,β-unsaturated/α-hetero) is 2. The zero-order valence-electron chi connectivity index (χ0n) is 20.7. The molecule has 3 rings (SSSR count). The van der Waals surface area contributed by atoms with Crippen LogP contribution >= 0.6 is 54.5 Å². The molecule has 1 saturated heterocycles. The summed E-state index contributed by atoms with van der Waals surface area (Å²) in [4.78, 5) is 43.8. The predicted octanol–water partition coefficient (Wildman–Crippen LogP) is 3.92. The van der Waals surface area contributed by atoms with Crippen molar-refractivity contribution in [2.45, 2.75) is 33.6 Å². The van der Waals surface area contributed by atoms with E-state index in [0.29, 0.717) is 4.88 Å². The molecule has 194 valence electrons. The van der Waals surface area contributed by atoms with Crippen LogP contribution in [0.25, 0.3) is 0 Å². The van der Waals surface area contributed by atoms with E-state index in [1.165, 1.54) is 56.8 Å². The van der Waals surface area contributed by atoms with E-state index in [4.69, 9.17) is 4.74 Å². The molecule has 0 spiro atoms. The number of thiophene rings is 2. The Morgan fingerprint density at radius 2 is 1.34 bits per heavy atom. The van der Waals surface area contributed by atoms with Gasteiger partial charge in [-0.1, -0.05) is 7.43 Å². The molecule has 0 saturated carbocycles. The second-order valence-electron chi connectivity index (χ2n) is 5.92. The largest absolute Gasteiger partial charge is 1.00 e. The maximum atomic E-state index is 11.3. The first kappa shape index (κ1) is 38.9. The van der Waals surface area contributed by atoms with E-state index in [1.54, 1.807) is 19.1 Å². The predicted molar refractivity (Wildman–Crippen MR) is 142 cm³/mol. The first-order chi connectivity index (χ1) is 15.6. The van der Waals surface area contributed by atoms with Gasteiger partial charge >= 0.3 is 41.7 Å². The van der Waals surface area contributed by atoms with Crippen LogP contribution in [0.1, 0.15) is 54.4 Å². The van der Waals surface area contributed by atoms with Gasteiger partial charge < -0.3 is 20.4 Å². The van der Waals surface area contributed by atoms with Gasteiger partial charge in [-0.05, 0) is 75.9 Å². The van der Waals surface area contributed by atoms with Gasteiger partial charge in [-0.15, -0.1) is 22.7 Å². The molecule has 8 nitrogen and oxygen atoms in total. The van der Waals surface area contributed by atoms with Gasteiger partial charge in [0.2, 0.25) is 0 Å². The molecule has 0 unspecified atom stereocenters. The fraction of sp³-hybridized carbons (Fsp3) is 0.455. The molecule has 1 aliphatic rings. The van der Waals surface area contributed by atoms with E-state index >= 15 is 0 Å². The number of ether oxygens (including phenoxy) is 4. The Morgan fingerprint density at radius 1 is 0.886 bits per heavy atom. The van der Waals surface area contributed by atoms with Crippen LogP contribution in [0.4, 0.5) is 4.79 Å². The number of rotatable bonds is 4. The van der Waals surface area contributed by atoms with Crippen molar-refractivity contribution in [1.82, 2.24) is 0 Å². The Bertz CT molecular complexity index is 875. The Kier molecular flexibility index (Phi) is 26.4. The number of methoxy groups -OCH3 is 3. The number of hydrogen-bond acceptors (Lipinski definition) is 10. The normalized spacial score (nSPS) is 10.7. The summed E-state index contributed by atoms with van der Waals surface area (Å²) >= 11 is 9.27. The minimum Gasteiger partial charge on any atom is -1.00 e. The van der Waals surface area contributed by atoms with Crippen molar-refractivity contribution in [2.24, 2.45) is 0 Å². The Balaban J connectivity index is -0.000000196. The first-order valence-electron chi connectivity index (χ1n) is 9.45. The summed E-state index contributed by atoms with van der Waals surface area (Å²) in [5.74, 6) is -0.581. The van der Waals surface area contributed by atoms with Crippen molar-refractivity contribution in [1.29, 1.82) is 0 Å². The number of halogens is 2.